The van der Waals surface area contributed by atoms with Crippen molar-refractivity contribution >= 4 is 22.8 Å². The van der Waals surface area contributed by atoms with Gasteiger partial charge in [0.05, 0.1) is 18.1 Å². The fourth-order valence-electron chi connectivity index (χ4n) is 2.20. The number of aromatic nitrogens is 2. The van der Waals surface area contributed by atoms with Crippen LogP contribution in [-0.2, 0) is 4.74 Å². The normalized spacial score (nSPS) is 10.4. The van der Waals surface area contributed by atoms with Crippen LogP contribution in [0.15, 0.2) is 53.5 Å². The number of carbonyl (C=O) groups is 2. The van der Waals surface area contributed by atoms with E-state index in [1.165, 1.54) is 12.3 Å². The molecule has 0 fully saturated rings. The fraction of sp³-hybridized carbons (Fsp3) is 0.0588. The molecule has 0 aliphatic heterocycles. The highest BCUT2D eigenvalue weighted by atomic mass is 16.5. The molecule has 7 heteroatoms. The molecule has 3 aromatic rings. The van der Waals surface area contributed by atoms with Crippen LogP contribution in [0.2, 0.25) is 0 Å². The zero-order chi connectivity index (χ0) is 17.1. The van der Waals surface area contributed by atoms with E-state index in [-0.39, 0.29) is 22.3 Å². The lowest BCUT2D eigenvalue weighted by atomic mass is 10.2. The van der Waals surface area contributed by atoms with Crippen molar-refractivity contribution in [3.05, 3.63) is 70.3 Å². The van der Waals surface area contributed by atoms with Gasteiger partial charge in [0.25, 0.3) is 5.56 Å². The van der Waals surface area contributed by atoms with Crippen LogP contribution < -0.4 is 10.3 Å². The molecule has 0 bridgehead atoms. The largest absolute Gasteiger partial charge is 0.464 e. The molecule has 24 heavy (non-hydrogen) atoms. The Kier molecular flexibility index (Phi) is 4.07. The van der Waals surface area contributed by atoms with Crippen molar-refractivity contribution < 1.29 is 19.1 Å². The first kappa shape index (κ1) is 15.4. The quantitative estimate of drug-likeness (QED) is 0.739. The number of H-pyrrole nitrogens is 1. The Morgan fingerprint density at radius 1 is 1.04 bits per heavy atom. The Bertz CT molecular complexity index is 979. The number of hydrogen-bond donors (Lipinski definition) is 1. The number of hydrogen-bond acceptors (Lipinski definition) is 6. The standard InChI is InChI=1S/C17H12N2O5/c1-23-17(22)13-14(24-16(21)10-6-3-2-4-7-10)12-11(15(20)19-13)8-5-9-18-12/h2-9H,1H3,(H,19,20). The lowest BCUT2D eigenvalue weighted by Crippen LogP contribution is -2.19. The Hall–Kier alpha value is -3.48. The maximum Gasteiger partial charge on any atom is 0.358 e. The van der Waals surface area contributed by atoms with Gasteiger partial charge in [0.2, 0.25) is 0 Å². The van der Waals surface area contributed by atoms with Crippen LogP contribution in [0, 0.1) is 0 Å². The number of rotatable bonds is 3. The van der Waals surface area contributed by atoms with Crippen molar-refractivity contribution in [2.24, 2.45) is 0 Å². The predicted octanol–water partition coefficient (Wildman–Crippen LogP) is 1.93. The Labute approximate surface area is 135 Å². The topological polar surface area (TPSA) is 98.4 Å². The van der Waals surface area contributed by atoms with Crippen LogP contribution in [0.3, 0.4) is 0 Å². The van der Waals surface area contributed by atoms with Gasteiger partial charge in [-0.15, -0.1) is 0 Å². The maximum absolute atomic E-state index is 12.3. The molecule has 0 aliphatic rings. The van der Waals surface area contributed by atoms with Gasteiger partial charge in [-0.2, -0.15) is 0 Å². The smallest absolute Gasteiger partial charge is 0.358 e. The van der Waals surface area contributed by atoms with E-state index in [4.69, 9.17) is 4.74 Å². The molecular formula is C17H12N2O5. The number of carbonyl (C=O) groups excluding carboxylic acids is 2. The molecule has 1 N–H and O–H groups in total. The third kappa shape index (κ3) is 2.74. The predicted molar refractivity (Wildman–Crippen MR) is 85.1 cm³/mol. The van der Waals surface area contributed by atoms with Crippen LogP contribution in [0.25, 0.3) is 10.9 Å². The second kappa shape index (κ2) is 6.33. The fourth-order valence-corrected chi connectivity index (χ4v) is 2.20. The maximum atomic E-state index is 12.3. The molecule has 0 saturated carbocycles. The van der Waals surface area contributed by atoms with Gasteiger partial charge in [-0.1, -0.05) is 18.2 Å². The van der Waals surface area contributed by atoms with E-state index in [1.54, 1.807) is 36.4 Å². The molecular weight excluding hydrogens is 312 g/mol. The van der Waals surface area contributed by atoms with Crippen molar-refractivity contribution in [3.8, 4) is 5.75 Å². The summed E-state index contributed by atoms with van der Waals surface area (Å²) in [5.41, 5.74) is -0.398. The lowest BCUT2D eigenvalue weighted by Gasteiger charge is -2.10. The number of nitrogens with one attached hydrogen (secondary N) is 1. The summed E-state index contributed by atoms with van der Waals surface area (Å²) in [4.78, 5) is 42.8. The molecule has 0 unspecified atom stereocenters. The molecule has 2 aromatic heterocycles. The highest BCUT2D eigenvalue weighted by Gasteiger charge is 2.23. The number of pyridine rings is 2. The molecule has 1 aromatic carbocycles. The van der Waals surface area contributed by atoms with Crippen molar-refractivity contribution in [1.29, 1.82) is 0 Å². The van der Waals surface area contributed by atoms with E-state index < -0.39 is 17.5 Å². The van der Waals surface area contributed by atoms with Gasteiger partial charge in [0.1, 0.15) is 5.52 Å². The van der Waals surface area contributed by atoms with Crippen molar-refractivity contribution in [2.75, 3.05) is 7.11 Å². The summed E-state index contributed by atoms with van der Waals surface area (Å²) in [6, 6.07) is 11.3. The third-order valence-electron chi connectivity index (χ3n) is 3.33. The average Bonchev–Trinajstić information content (AvgIpc) is 2.64. The number of aromatic amines is 1. The number of nitrogens with zero attached hydrogens (tertiary/aromatic N) is 1. The second-order valence-corrected chi connectivity index (χ2v) is 4.80. The van der Waals surface area contributed by atoms with Crippen molar-refractivity contribution in [1.82, 2.24) is 9.97 Å². The van der Waals surface area contributed by atoms with E-state index in [0.717, 1.165) is 7.11 Å². The van der Waals surface area contributed by atoms with Crippen molar-refractivity contribution in [2.45, 2.75) is 0 Å². The minimum atomic E-state index is -0.837. The molecule has 0 amide bonds. The Morgan fingerprint density at radius 2 is 1.79 bits per heavy atom. The molecule has 0 saturated heterocycles. The minimum absolute atomic E-state index is 0.103. The summed E-state index contributed by atoms with van der Waals surface area (Å²) < 4.78 is 9.99. The van der Waals surface area contributed by atoms with Gasteiger partial charge in [-0.05, 0) is 24.3 Å². The number of methoxy groups -OCH3 is 1. The summed E-state index contributed by atoms with van der Waals surface area (Å²) in [5.74, 6) is -1.67. The minimum Gasteiger partial charge on any atom is -0.464 e. The third-order valence-corrected chi connectivity index (χ3v) is 3.33. The monoisotopic (exact) mass is 324 g/mol. The SMILES string of the molecule is COC(=O)c1[nH]c(=O)c2cccnc2c1OC(=O)c1ccccc1. The van der Waals surface area contributed by atoms with Gasteiger partial charge in [-0.3, -0.25) is 9.78 Å². The van der Waals surface area contributed by atoms with E-state index in [0.29, 0.717) is 5.56 Å². The number of benzene rings is 1. The molecule has 0 spiro atoms. The van der Waals surface area contributed by atoms with Crippen LogP contribution in [0.5, 0.6) is 5.75 Å². The summed E-state index contributed by atoms with van der Waals surface area (Å²) in [6.07, 6.45) is 1.43. The second-order valence-electron chi connectivity index (χ2n) is 4.80. The summed E-state index contributed by atoms with van der Waals surface area (Å²) in [7, 11) is 1.16. The zero-order valence-electron chi connectivity index (χ0n) is 12.6. The van der Waals surface area contributed by atoms with E-state index in [1.807, 2.05) is 0 Å². The summed E-state index contributed by atoms with van der Waals surface area (Å²) in [6.45, 7) is 0. The Morgan fingerprint density at radius 3 is 2.50 bits per heavy atom. The lowest BCUT2D eigenvalue weighted by molar-refractivity contribution is 0.0586. The molecule has 0 atom stereocenters. The summed E-state index contributed by atoms with van der Waals surface area (Å²) in [5, 5.41) is 0.195. The van der Waals surface area contributed by atoms with Gasteiger partial charge < -0.3 is 14.5 Å². The molecule has 0 radical (unpaired) electrons. The van der Waals surface area contributed by atoms with Gasteiger partial charge in [0, 0.05) is 6.20 Å². The summed E-state index contributed by atoms with van der Waals surface area (Å²) >= 11 is 0. The van der Waals surface area contributed by atoms with E-state index >= 15 is 0 Å². The molecule has 0 aliphatic carbocycles. The van der Waals surface area contributed by atoms with E-state index in [2.05, 4.69) is 14.7 Å². The first-order valence-electron chi connectivity index (χ1n) is 6.98. The average molecular weight is 324 g/mol. The first-order chi connectivity index (χ1) is 11.6. The highest BCUT2D eigenvalue weighted by Crippen LogP contribution is 2.25. The van der Waals surface area contributed by atoms with Crippen LogP contribution in [0.4, 0.5) is 0 Å². The highest BCUT2D eigenvalue weighted by molar-refractivity contribution is 6.00. The Balaban J connectivity index is 2.18. The van der Waals surface area contributed by atoms with Gasteiger partial charge in [-0.25, -0.2) is 9.59 Å². The van der Waals surface area contributed by atoms with E-state index in [9.17, 15) is 14.4 Å². The molecule has 120 valence electrons. The van der Waals surface area contributed by atoms with Gasteiger partial charge >= 0.3 is 11.9 Å². The van der Waals surface area contributed by atoms with Crippen molar-refractivity contribution in [3.63, 3.8) is 0 Å². The number of ether oxygens (including phenoxy) is 2. The molecule has 3 rings (SSSR count). The van der Waals surface area contributed by atoms with Crippen LogP contribution >= 0.6 is 0 Å². The number of fused-ring (bicyclic) bond motifs is 1. The molecule has 7 nitrogen and oxygen atoms in total. The number of esters is 2. The van der Waals surface area contributed by atoms with Crippen LogP contribution in [-0.4, -0.2) is 29.0 Å². The molecule has 2 heterocycles. The zero-order valence-corrected chi connectivity index (χ0v) is 12.6. The van der Waals surface area contributed by atoms with Gasteiger partial charge in [0.15, 0.2) is 11.4 Å². The van der Waals surface area contributed by atoms with Crippen LogP contribution in [0.1, 0.15) is 20.8 Å². The first-order valence-corrected chi connectivity index (χ1v) is 6.98.